The summed E-state index contributed by atoms with van der Waals surface area (Å²) >= 11 is 0. The van der Waals surface area contributed by atoms with E-state index in [0.717, 1.165) is 32.7 Å². The van der Waals surface area contributed by atoms with Gasteiger partial charge in [0.25, 0.3) is 0 Å². The Bertz CT molecular complexity index is 425. The van der Waals surface area contributed by atoms with Crippen molar-refractivity contribution in [3.63, 3.8) is 0 Å². The van der Waals surface area contributed by atoms with Crippen LogP contribution in [0.15, 0.2) is 18.2 Å². The first-order valence-corrected chi connectivity index (χ1v) is 7.68. The molecule has 0 saturated carbocycles. The highest BCUT2D eigenvalue weighted by molar-refractivity contribution is 5.54. The van der Waals surface area contributed by atoms with Gasteiger partial charge in [0.05, 0.1) is 12.6 Å². The number of anilines is 1. The van der Waals surface area contributed by atoms with Gasteiger partial charge in [0.15, 0.2) is 0 Å². The van der Waals surface area contributed by atoms with Crippen molar-refractivity contribution in [3.8, 4) is 0 Å². The number of nitrogens with zero attached hydrogens (tertiary/aromatic N) is 1. The molecule has 1 unspecified atom stereocenters. The molecule has 1 aliphatic heterocycles. The lowest BCUT2D eigenvalue weighted by molar-refractivity contribution is 0.193. The van der Waals surface area contributed by atoms with Gasteiger partial charge in [-0.3, -0.25) is 0 Å². The normalized spacial score (nSPS) is 18.8. The van der Waals surface area contributed by atoms with Crippen LogP contribution < -0.4 is 10.2 Å². The van der Waals surface area contributed by atoms with Crippen LogP contribution in [-0.4, -0.2) is 32.8 Å². The smallest absolute Gasteiger partial charge is 0.0670 e. The van der Waals surface area contributed by atoms with Crippen LogP contribution in [0.3, 0.4) is 0 Å². The van der Waals surface area contributed by atoms with Crippen molar-refractivity contribution >= 4 is 5.69 Å². The number of likely N-dealkylation sites (N-methyl/N-ethyl adjacent to an activating group) is 1. The van der Waals surface area contributed by atoms with E-state index in [1.54, 1.807) is 0 Å². The maximum Gasteiger partial charge on any atom is 0.0670 e. The van der Waals surface area contributed by atoms with Crippen LogP contribution in [0.2, 0.25) is 0 Å². The van der Waals surface area contributed by atoms with Crippen LogP contribution in [0.5, 0.6) is 0 Å². The Labute approximate surface area is 123 Å². The first kappa shape index (κ1) is 15.3. The summed E-state index contributed by atoms with van der Waals surface area (Å²) in [7, 11) is 2.18. The molecule has 1 fully saturated rings. The Morgan fingerprint density at radius 2 is 2.20 bits per heavy atom. The van der Waals surface area contributed by atoms with Gasteiger partial charge in [-0.05, 0) is 43.0 Å². The molecule has 0 radical (unpaired) electrons. The highest BCUT2D eigenvalue weighted by Crippen LogP contribution is 2.24. The molecule has 0 amide bonds. The third-order valence-electron chi connectivity index (χ3n) is 3.98. The number of nitrogens with one attached hydrogen (secondary N) is 1. The second-order valence-electron chi connectivity index (χ2n) is 6.27. The highest BCUT2D eigenvalue weighted by Gasteiger charge is 2.21. The zero-order chi connectivity index (χ0) is 14.5. The topological polar surface area (TPSA) is 24.5 Å². The minimum atomic E-state index is 0.526. The molecule has 0 aromatic heterocycles. The van der Waals surface area contributed by atoms with Crippen molar-refractivity contribution in [1.82, 2.24) is 5.32 Å². The number of hydrogen-bond donors (Lipinski definition) is 1. The second kappa shape index (κ2) is 7.09. The third kappa shape index (κ3) is 3.97. The van der Waals surface area contributed by atoms with Crippen molar-refractivity contribution in [2.24, 2.45) is 5.92 Å². The summed E-state index contributed by atoms with van der Waals surface area (Å²) in [5, 5.41) is 3.50. The lowest BCUT2D eigenvalue weighted by atomic mass is 10.1. The molecule has 3 heteroatoms. The van der Waals surface area contributed by atoms with E-state index >= 15 is 0 Å². The van der Waals surface area contributed by atoms with E-state index in [1.165, 1.54) is 16.8 Å². The molecular weight excluding hydrogens is 248 g/mol. The zero-order valence-electron chi connectivity index (χ0n) is 13.3. The summed E-state index contributed by atoms with van der Waals surface area (Å²) in [5.41, 5.74) is 4.04. The summed E-state index contributed by atoms with van der Waals surface area (Å²) in [6.07, 6.45) is 1.13. The SMILES string of the molecule is Cc1cc(CNCC(C)C)ccc1N(C)C1CCOC1. The predicted octanol–water partition coefficient (Wildman–Crippen LogP) is 2.97. The van der Waals surface area contributed by atoms with Crippen LogP contribution in [-0.2, 0) is 11.3 Å². The fourth-order valence-electron chi connectivity index (χ4n) is 2.75. The minimum absolute atomic E-state index is 0.526. The Morgan fingerprint density at radius 1 is 1.40 bits per heavy atom. The molecule has 20 heavy (non-hydrogen) atoms. The quantitative estimate of drug-likeness (QED) is 0.864. The van der Waals surface area contributed by atoms with Gasteiger partial charge in [-0.25, -0.2) is 0 Å². The van der Waals surface area contributed by atoms with E-state index in [-0.39, 0.29) is 0 Å². The number of aryl methyl sites for hydroxylation is 1. The molecule has 1 aliphatic rings. The van der Waals surface area contributed by atoms with Crippen LogP contribution in [0.4, 0.5) is 5.69 Å². The molecule has 0 bridgehead atoms. The molecule has 0 spiro atoms. The standard InChI is InChI=1S/C17H28N2O/c1-13(2)10-18-11-15-5-6-17(14(3)9-15)19(4)16-7-8-20-12-16/h5-6,9,13,16,18H,7-8,10-12H2,1-4H3. The number of benzene rings is 1. The molecule has 1 N–H and O–H groups in total. The fourth-order valence-corrected chi connectivity index (χ4v) is 2.75. The van der Waals surface area contributed by atoms with E-state index in [2.05, 4.69) is 56.2 Å². The summed E-state index contributed by atoms with van der Waals surface area (Å²) in [6.45, 7) is 10.4. The van der Waals surface area contributed by atoms with Crippen molar-refractivity contribution < 1.29 is 4.74 Å². The molecule has 1 aromatic carbocycles. The van der Waals surface area contributed by atoms with Gasteiger partial charge in [0.1, 0.15) is 0 Å². The maximum absolute atomic E-state index is 5.49. The Kier molecular flexibility index (Phi) is 5.44. The number of hydrogen-bond acceptors (Lipinski definition) is 3. The first-order chi connectivity index (χ1) is 9.58. The summed E-state index contributed by atoms with van der Waals surface area (Å²) in [5.74, 6) is 0.698. The molecule has 112 valence electrons. The van der Waals surface area contributed by atoms with Crippen molar-refractivity contribution in [1.29, 1.82) is 0 Å². The van der Waals surface area contributed by atoms with Crippen LogP contribution in [0.25, 0.3) is 0 Å². The largest absolute Gasteiger partial charge is 0.379 e. The molecule has 0 aliphatic carbocycles. The van der Waals surface area contributed by atoms with Gasteiger partial charge in [-0.1, -0.05) is 26.0 Å². The van der Waals surface area contributed by atoms with Gasteiger partial charge in [0.2, 0.25) is 0 Å². The van der Waals surface area contributed by atoms with Gasteiger partial charge < -0.3 is 15.0 Å². The van der Waals surface area contributed by atoms with Crippen molar-refractivity contribution in [3.05, 3.63) is 29.3 Å². The summed E-state index contributed by atoms with van der Waals surface area (Å²) in [4.78, 5) is 2.37. The summed E-state index contributed by atoms with van der Waals surface area (Å²) < 4.78 is 5.49. The lowest BCUT2D eigenvalue weighted by Gasteiger charge is -2.27. The van der Waals surface area contributed by atoms with Gasteiger partial charge in [-0.2, -0.15) is 0 Å². The number of ether oxygens (including phenoxy) is 1. The average Bonchev–Trinajstić information content (AvgIpc) is 2.91. The van der Waals surface area contributed by atoms with Crippen molar-refractivity contribution in [2.75, 3.05) is 31.7 Å². The van der Waals surface area contributed by atoms with Gasteiger partial charge in [-0.15, -0.1) is 0 Å². The van der Waals surface area contributed by atoms with Crippen LogP contribution >= 0.6 is 0 Å². The molecule has 3 nitrogen and oxygen atoms in total. The first-order valence-electron chi connectivity index (χ1n) is 7.68. The van der Waals surface area contributed by atoms with E-state index in [4.69, 9.17) is 4.74 Å². The fraction of sp³-hybridized carbons (Fsp3) is 0.647. The maximum atomic E-state index is 5.49. The monoisotopic (exact) mass is 276 g/mol. The highest BCUT2D eigenvalue weighted by atomic mass is 16.5. The lowest BCUT2D eigenvalue weighted by Crippen LogP contribution is -2.32. The van der Waals surface area contributed by atoms with Crippen molar-refractivity contribution in [2.45, 2.75) is 39.8 Å². The average molecular weight is 276 g/mol. The van der Waals surface area contributed by atoms with Crippen LogP contribution in [0, 0.1) is 12.8 Å². The molecule has 1 aromatic rings. The number of rotatable bonds is 6. The van der Waals surface area contributed by atoms with E-state index in [0.29, 0.717) is 12.0 Å². The van der Waals surface area contributed by atoms with Gasteiger partial charge >= 0.3 is 0 Å². The summed E-state index contributed by atoms with van der Waals surface area (Å²) in [6, 6.07) is 7.32. The van der Waals surface area contributed by atoms with Crippen LogP contribution in [0.1, 0.15) is 31.4 Å². The zero-order valence-corrected chi connectivity index (χ0v) is 13.3. The van der Waals surface area contributed by atoms with Gasteiger partial charge in [0, 0.05) is 25.9 Å². The molecule has 1 atom stereocenters. The van der Waals surface area contributed by atoms with E-state index < -0.39 is 0 Å². The molecule has 1 saturated heterocycles. The second-order valence-corrected chi connectivity index (χ2v) is 6.27. The Hall–Kier alpha value is -1.06. The predicted molar refractivity (Wildman–Crippen MR) is 85.4 cm³/mol. The minimum Gasteiger partial charge on any atom is -0.379 e. The third-order valence-corrected chi connectivity index (χ3v) is 3.98. The molecule has 2 rings (SSSR count). The molecule has 1 heterocycles. The molecular formula is C17H28N2O. The Balaban J connectivity index is 1.98. The Morgan fingerprint density at radius 3 is 2.80 bits per heavy atom. The van der Waals surface area contributed by atoms with E-state index in [9.17, 15) is 0 Å². The van der Waals surface area contributed by atoms with E-state index in [1.807, 2.05) is 0 Å².